The van der Waals surface area contributed by atoms with E-state index in [0.717, 1.165) is 35.0 Å². The van der Waals surface area contributed by atoms with Gasteiger partial charge in [0.05, 0.1) is 0 Å². The minimum atomic E-state index is 0.0708. The molecule has 0 fully saturated rings. The fourth-order valence-electron chi connectivity index (χ4n) is 2.04. The molecule has 1 N–H and O–H groups in total. The maximum Gasteiger partial charge on any atom is 0.178 e. The molecule has 0 bridgehead atoms. The summed E-state index contributed by atoms with van der Waals surface area (Å²) in [5, 5.41) is 3.48. The SMILES string of the molecule is Cc1nccc(-c2nc(C)c(CNC(C)(C)C)c(C)n2)n1. The standard InChI is InChI=1S/C16H23N5/c1-10-13(9-18-16(4,5)6)11(2)20-15(19-10)14-7-8-17-12(3)21-14/h7-8,18H,9H2,1-6H3. The highest BCUT2D eigenvalue weighted by Crippen LogP contribution is 2.17. The van der Waals surface area contributed by atoms with Crippen LogP contribution in [-0.4, -0.2) is 25.5 Å². The molecule has 2 heterocycles. The van der Waals surface area contributed by atoms with Crippen molar-refractivity contribution < 1.29 is 0 Å². The van der Waals surface area contributed by atoms with Crippen LogP contribution in [0.2, 0.25) is 0 Å². The predicted octanol–water partition coefficient (Wildman–Crippen LogP) is 2.75. The van der Waals surface area contributed by atoms with Crippen LogP contribution in [0.15, 0.2) is 12.3 Å². The van der Waals surface area contributed by atoms with Gasteiger partial charge >= 0.3 is 0 Å². The molecular weight excluding hydrogens is 262 g/mol. The molecule has 0 saturated carbocycles. The molecule has 21 heavy (non-hydrogen) atoms. The van der Waals surface area contributed by atoms with Crippen molar-refractivity contribution in [2.75, 3.05) is 0 Å². The first-order valence-corrected chi connectivity index (χ1v) is 7.15. The van der Waals surface area contributed by atoms with Gasteiger partial charge in [0.1, 0.15) is 11.5 Å². The topological polar surface area (TPSA) is 63.6 Å². The summed E-state index contributed by atoms with van der Waals surface area (Å²) in [6.07, 6.45) is 1.74. The zero-order chi connectivity index (χ0) is 15.6. The monoisotopic (exact) mass is 285 g/mol. The molecule has 0 aliphatic rings. The molecule has 5 nitrogen and oxygen atoms in total. The number of rotatable bonds is 3. The van der Waals surface area contributed by atoms with E-state index < -0.39 is 0 Å². The minimum Gasteiger partial charge on any atom is -0.308 e. The largest absolute Gasteiger partial charge is 0.308 e. The molecule has 0 aliphatic carbocycles. The van der Waals surface area contributed by atoms with E-state index in [9.17, 15) is 0 Å². The first-order chi connectivity index (χ1) is 9.76. The Hall–Kier alpha value is -1.88. The van der Waals surface area contributed by atoms with E-state index in [2.05, 4.69) is 46.0 Å². The van der Waals surface area contributed by atoms with E-state index in [0.29, 0.717) is 5.82 Å². The lowest BCUT2D eigenvalue weighted by Gasteiger charge is -2.22. The minimum absolute atomic E-state index is 0.0708. The van der Waals surface area contributed by atoms with E-state index in [4.69, 9.17) is 0 Å². The van der Waals surface area contributed by atoms with Gasteiger partial charge in [-0.05, 0) is 47.6 Å². The molecule has 0 saturated heterocycles. The lowest BCUT2D eigenvalue weighted by atomic mass is 10.1. The van der Waals surface area contributed by atoms with Crippen molar-refractivity contribution in [3.8, 4) is 11.5 Å². The van der Waals surface area contributed by atoms with Crippen molar-refractivity contribution in [3.63, 3.8) is 0 Å². The van der Waals surface area contributed by atoms with Gasteiger partial charge in [-0.25, -0.2) is 19.9 Å². The van der Waals surface area contributed by atoms with Crippen LogP contribution in [0, 0.1) is 20.8 Å². The summed E-state index contributed by atoms with van der Waals surface area (Å²) < 4.78 is 0. The van der Waals surface area contributed by atoms with Crippen molar-refractivity contribution in [3.05, 3.63) is 35.0 Å². The normalized spacial score (nSPS) is 11.7. The Morgan fingerprint density at radius 3 is 2.14 bits per heavy atom. The zero-order valence-corrected chi connectivity index (χ0v) is 13.7. The average Bonchev–Trinajstić information content (AvgIpc) is 2.36. The van der Waals surface area contributed by atoms with Crippen molar-refractivity contribution in [1.82, 2.24) is 25.3 Å². The second-order valence-corrected chi connectivity index (χ2v) is 6.29. The molecule has 0 unspecified atom stereocenters. The quantitative estimate of drug-likeness (QED) is 0.939. The van der Waals surface area contributed by atoms with Gasteiger partial charge in [0, 0.05) is 35.2 Å². The van der Waals surface area contributed by atoms with Gasteiger partial charge < -0.3 is 5.32 Å². The van der Waals surface area contributed by atoms with Crippen molar-refractivity contribution in [1.29, 1.82) is 0 Å². The first kappa shape index (κ1) is 15.5. The van der Waals surface area contributed by atoms with Crippen LogP contribution in [0.25, 0.3) is 11.5 Å². The summed E-state index contributed by atoms with van der Waals surface area (Å²) >= 11 is 0. The van der Waals surface area contributed by atoms with Gasteiger partial charge in [0.15, 0.2) is 5.82 Å². The Labute approximate surface area is 126 Å². The van der Waals surface area contributed by atoms with Crippen molar-refractivity contribution in [2.24, 2.45) is 0 Å². The Morgan fingerprint density at radius 2 is 1.62 bits per heavy atom. The summed E-state index contributed by atoms with van der Waals surface area (Å²) in [6.45, 7) is 13.1. The van der Waals surface area contributed by atoms with E-state index in [-0.39, 0.29) is 5.54 Å². The number of hydrogen-bond acceptors (Lipinski definition) is 5. The molecular formula is C16H23N5. The fourth-order valence-corrected chi connectivity index (χ4v) is 2.04. The molecule has 2 aromatic rings. The summed E-state index contributed by atoms with van der Waals surface area (Å²) in [5.41, 5.74) is 3.97. The highest BCUT2D eigenvalue weighted by atomic mass is 15.0. The second kappa shape index (κ2) is 5.85. The number of aromatic nitrogens is 4. The number of nitrogens with one attached hydrogen (secondary N) is 1. The first-order valence-electron chi connectivity index (χ1n) is 7.15. The summed E-state index contributed by atoms with van der Waals surface area (Å²) in [4.78, 5) is 17.7. The third-order valence-corrected chi connectivity index (χ3v) is 3.22. The number of aryl methyl sites for hydroxylation is 3. The highest BCUT2D eigenvalue weighted by Gasteiger charge is 2.14. The molecule has 5 heteroatoms. The molecule has 0 aliphatic heterocycles. The van der Waals surface area contributed by atoms with Crippen molar-refractivity contribution >= 4 is 0 Å². The zero-order valence-electron chi connectivity index (χ0n) is 13.7. The second-order valence-electron chi connectivity index (χ2n) is 6.29. The van der Waals surface area contributed by atoms with Crippen LogP contribution >= 0.6 is 0 Å². The molecule has 2 aromatic heterocycles. The Morgan fingerprint density at radius 1 is 1.00 bits per heavy atom. The van der Waals surface area contributed by atoms with Gasteiger partial charge in [-0.15, -0.1) is 0 Å². The summed E-state index contributed by atoms with van der Waals surface area (Å²) in [7, 11) is 0. The summed E-state index contributed by atoms with van der Waals surface area (Å²) in [5.74, 6) is 1.39. The Kier molecular flexibility index (Phi) is 4.32. The average molecular weight is 285 g/mol. The maximum atomic E-state index is 4.60. The number of nitrogens with zero attached hydrogens (tertiary/aromatic N) is 4. The van der Waals surface area contributed by atoms with E-state index >= 15 is 0 Å². The predicted molar refractivity (Wildman–Crippen MR) is 83.9 cm³/mol. The van der Waals surface area contributed by atoms with Crippen LogP contribution < -0.4 is 5.32 Å². The Balaban J connectivity index is 2.33. The van der Waals surface area contributed by atoms with Gasteiger partial charge in [-0.1, -0.05) is 0 Å². The van der Waals surface area contributed by atoms with E-state index in [1.807, 2.05) is 26.8 Å². The maximum absolute atomic E-state index is 4.60. The fraction of sp³-hybridized carbons (Fsp3) is 0.500. The molecule has 0 atom stereocenters. The van der Waals surface area contributed by atoms with Crippen molar-refractivity contribution in [2.45, 2.75) is 53.6 Å². The molecule has 112 valence electrons. The van der Waals surface area contributed by atoms with Crippen LogP contribution in [0.5, 0.6) is 0 Å². The molecule has 2 rings (SSSR count). The lowest BCUT2D eigenvalue weighted by molar-refractivity contribution is 0.422. The third-order valence-electron chi connectivity index (χ3n) is 3.22. The van der Waals surface area contributed by atoms with Gasteiger partial charge in [0.2, 0.25) is 0 Å². The Bertz CT molecular complexity index is 620. The number of hydrogen-bond donors (Lipinski definition) is 1. The van der Waals surface area contributed by atoms with Gasteiger partial charge in [-0.2, -0.15) is 0 Å². The molecule has 0 amide bonds. The van der Waals surface area contributed by atoms with E-state index in [1.54, 1.807) is 6.20 Å². The van der Waals surface area contributed by atoms with Gasteiger partial charge in [-0.3, -0.25) is 0 Å². The van der Waals surface area contributed by atoms with E-state index in [1.165, 1.54) is 0 Å². The van der Waals surface area contributed by atoms with Crippen LogP contribution in [0.4, 0.5) is 0 Å². The van der Waals surface area contributed by atoms with Crippen LogP contribution in [0.1, 0.15) is 43.5 Å². The van der Waals surface area contributed by atoms with Crippen LogP contribution in [0.3, 0.4) is 0 Å². The molecule has 0 aromatic carbocycles. The van der Waals surface area contributed by atoms with Crippen LogP contribution in [-0.2, 0) is 6.54 Å². The van der Waals surface area contributed by atoms with Gasteiger partial charge in [0.25, 0.3) is 0 Å². The third kappa shape index (κ3) is 4.04. The smallest absolute Gasteiger partial charge is 0.178 e. The summed E-state index contributed by atoms with van der Waals surface area (Å²) in [6, 6.07) is 1.84. The lowest BCUT2D eigenvalue weighted by Crippen LogP contribution is -2.35. The molecule has 0 spiro atoms. The molecule has 0 radical (unpaired) electrons. The highest BCUT2D eigenvalue weighted by molar-refractivity contribution is 5.49.